The van der Waals surface area contributed by atoms with Crippen molar-refractivity contribution in [1.82, 2.24) is 9.97 Å². The van der Waals surface area contributed by atoms with Crippen LogP contribution in [0, 0.1) is 0 Å². The molecule has 0 amide bonds. The lowest BCUT2D eigenvalue weighted by Gasteiger charge is -2.15. The highest BCUT2D eigenvalue weighted by molar-refractivity contribution is 6.10. The number of aromatic nitrogens is 2. The Hall–Kier alpha value is -7.10. The summed E-state index contributed by atoms with van der Waals surface area (Å²) in [5, 5.41) is 4.55. The Morgan fingerprint density at radius 3 is 1.68 bits per heavy atom. The highest BCUT2D eigenvalue weighted by Gasteiger charge is 2.18. The monoisotopic (exact) mass is 676 g/mol. The summed E-state index contributed by atoms with van der Waals surface area (Å²) >= 11 is 0. The van der Waals surface area contributed by atoms with Gasteiger partial charge in [-0.25, -0.2) is 9.97 Å². The fraction of sp³-hybridized carbons (Fsp3) is 0. The van der Waals surface area contributed by atoms with Gasteiger partial charge in [-0.15, -0.1) is 0 Å². The summed E-state index contributed by atoms with van der Waals surface area (Å²) in [6.07, 6.45) is 0. The Morgan fingerprint density at radius 2 is 0.887 bits per heavy atom. The van der Waals surface area contributed by atoms with Gasteiger partial charge in [0.15, 0.2) is 5.82 Å². The van der Waals surface area contributed by atoms with E-state index in [0.717, 1.165) is 77.7 Å². The van der Waals surface area contributed by atoms with E-state index >= 15 is 0 Å². The van der Waals surface area contributed by atoms with E-state index in [2.05, 4.69) is 176 Å². The van der Waals surface area contributed by atoms with Crippen molar-refractivity contribution in [3.8, 4) is 67.3 Å². The van der Waals surface area contributed by atoms with Gasteiger partial charge in [0, 0.05) is 33.0 Å². The van der Waals surface area contributed by atoms with Crippen molar-refractivity contribution in [2.24, 2.45) is 0 Å². The first-order valence-corrected chi connectivity index (χ1v) is 17.9. The molecule has 0 radical (unpaired) electrons. The fourth-order valence-corrected chi connectivity index (χ4v) is 7.47. The highest BCUT2D eigenvalue weighted by atomic mass is 16.3. The van der Waals surface area contributed by atoms with Crippen LogP contribution in [0.4, 0.5) is 0 Å². The molecule has 0 aliphatic heterocycles. The van der Waals surface area contributed by atoms with E-state index in [9.17, 15) is 0 Å². The van der Waals surface area contributed by atoms with Gasteiger partial charge in [0.2, 0.25) is 0 Å². The number of fused-ring (bicyclic) bond motifs is 4. The van der Waals surface area contributed by atoms with Crippen molar-refractivity contribution in [3.63, 3.8) is 0 Å². The minimum atomic E-state index is 0.683. The Kier molecular flexibility index (Phi) is 7.47. The van der Waals surface area contributed by atoms with Gasteiger partial charge in [-0.05, 0) is 75.0 Å². The number of furan rings is 1. The van der Waals surface area contributed by atoms with E-state index in [-0.39, 0.29) is 0 Å². The Morgan fingerprint density at radius 1 is 0.321 bits per heavy atom. The zero-order valence-corrected chi connectivity index (χ0v) is 28.8. The van der Waals surface area contributed by atoms with Crippen LogP contribution in [0.2, 0.25) is 0 Å². The predicted octanol–water partition coefficient (Wildman–Crippen LogP) is 13.5. The molecule has 0 saturated heterocycles. The Labute approximate surface area is 307 Å². The first-order valence-electron chi connectivity index (χ1n) is 17.9. The summed E-state index contributed by atoms with van der Waals surface area (Å²) in [5.41, 5.74) is 13.1. The molecule has 2 heterocycles. The van der Waals surface area contributed by atoms with Gasteiger partial charge in [0.25, 0.3) is 0 Å². The van der Waals surface area contributed by atoms with Crippen molar-refractivity contribution < 1.29 is 4.42 Å². The van der Waals surface area contributed by atoms with Crippen LogP contribution in [0.5, 0.6) is 0 Å². The average Bonchev–Trinajstić information content (AvgIpc) is 3.63. The molecule has 3 nitrogen and oxygen atoms in total. The standard InChI is InChI=1S/C50H32N2O/c1-3-15-34(16-4-1)41-20-9-10-21-42(41)38-29-39(43-23-13-24-45-44-22-11-12-25-48(44)53-49(43)45)31-40(30-38)47-32-46(35-17-5-2-6-18-35)51-50(52-47)37-27-26-33-14-7-8-19-36(33)28-37/h1-32H. The van der Waals surface area contributed by atoms with Gasteiger partial charge >= 0.3 is 0 Å². The molecule has 0 spiro atoms. The fourth-order valence-electron chi connectivity index (χ4n) is 7.47. The molecule has 0 saturated carbocycles. The summed E-state index contributed by atoms with van der Waals surface area (Å²) in [7, 11) is 0. The minimum Gasteiger partial charge on any atom is -0.455 e. The zero-order valence-electron chi connectivity index (χ0n) is 28.8. The van der Waals surface area contributed by atoms with Crippen LogP contribution in [0.25, 0.3) is 100.0 Å². The molecule has 0 aliphatic carbocycles. The summed E-state index contributed by atoms with van der Waals surface area (Å²) in [5.74, 6) is 0.683. The van der Waals surface area contributed by atoms with Crippen molar-refractivity contribution in [1.29, 1.82) is 0 Å². The third-order valence-corrected chi connectivity index (χ3v) is 10.1. The van der Waals surface area contributed by atoms with Crippen LogP contribution < -0.4 is 0 Å². The van der Waals surface area contributed by atoms with E-state index < -0.39 is 0 Å². The average molecular weight is 677 g/mol. The maximum Gasteiger partial charge on any atom is 0.160 e. The van der Waals surface area contributed by atoms with E-state index in [0.29, 0.717) is 5.82 Å². The second-order valence-corrected chi connectivity index (χ2v) is 13.4. The molecule has 248 valence electrons. The van der Waals surface area contributed by atoms with Crippen LogP contribution in [0.3, 0.4) is 0 Å². The Balaban J connectivity index is 1.24. The molecule has 10 aromatic rings. The van der Waals surface area contributed by atoms with Crippen molar-refractivity contribution in [2.45, 2.75) is 0 Å². The number of hydrogen-bond donors (Lipinski definition) is 0. The molecule has 10 rings (SSSR count). The van der Waals surface area contributed by atoms with Crippen LogP contribution in [0.1, 0.15) is 0 Å². The highest BCUT2D eigenvalue weighted by Crippen LogP contribution is 2.41. The first kappa shape index (κ1) is 30.7. The normalized spacial score (nSPS) is 11.4. The minimum absolute atomic E-state index is 0.683. The number of rotatable bonds is 6. The summed E-state index contributed by atoms with van der Waals surface area (Å²) in [6, 6.07) is 68.1. The van der Waals surface area contributed by atoms with Gasteiger partial charge in [-0.1, -0.05) is 158 Å². The smallest absolute Gasteiger partial charge is 0.160 e. The summed E-state index contributed by atoms with van der Waals surface area (Å²) in [4.78, 5) is 10.5. The lowest BCUT2D eigenvalue weighted by atomic mass is 9.90. The maximum atomic E-state index is 6.59. The second kappa shape index (κ2) is 12.9. The molecule has 3 heteroatoms. The maximum absolute atomic E-state index is 6.59. The van der Waals surface area contributed by atoms with Crippen molar-refractivity contribution in [2.75, 3.05) is 0 Å². The van der Waals surface area contributed by atoms with Crippen LogP contribution in [-0.4, -0.2) is 9.97 Å². The number of benzene rings is 8. The molecular formula is C50H32N2O. The Bertz CT molecular complexity index is 2950. The van der Waals surface area contributed by atoms with Gasteiger partial charge in [0.1, 0.15) is 11.2 Å². The van der Waals surface area contributed by atoms with E-state index in [1.807, 2.05) is 18.2 Å². The third-order valence-electron chi connectivity index (χ3n) is 10.1. The van der Waals surface area contributed by atoms with Crippen LogP contribution >= 0.6 is 0 Å². The quantitative estimate of drug-likeness (QED) is 0.176. The summed E-state index contributed by atoms with van der Waals surface area (Å²) < 4.78 is 6.59. The van der Waals surface area contributed by atoms with E-state index in [4.69, 9.17) is 14.4 Å². The molecule has 2 aromatic heterocycles. The SMILES string of the molecule is c1ccc(-c2cc(-c3cc(-c4ccccc4-c4ccccc4)cc(-c4cccc5c4oc4ccccc45)c3)nc(-c3ccc4ccccc4c3)n2)cc1. The molecule has 0 unspecified atom stereocenters. The molecule has 0 bridgehead atoms. The van der Waals surface area contributed by atoms with E-state index in [1.165, 1.54) is 16.5 Å². The van der Waals surface area contributed by atoms with Crippen LogP contribution in [-0.2, 0) is 0 Å². The van der Waals surface area contributed by atoms with Crippen LogP contribution in [0.15, 0.2) is 199 Å². The zero-order chi connectivity index (χ0) is 35.1. The number of nitrogens with zero attached hydrogens (tertiary/aromatic N) is 2. The van der Waals surface area contributed by atoms with Gasteiger partial charge in [-0.3, -0.25) is 0 Å². The van der Waals surface area contributed by atoms with Gasteiger partial charge < -0.3 is 4.42 Å². The second-order valence-electron chi connectivity index (χ2n) is 13.4. The predicted molar refractivity (Wildman–Crippen MR) is 219 cm³/mol. The molecule has 8 aromatic carbocycles. The molecule has 0 aliphatic rings. The third kappa shape index (κ3) is 5.65. The number of hydrogen-bond acceptors (Lipinski definition) is 3. The molecule has 0 atom stereocenters. The molecule has 0 fully saturated rings. The van der Waals surface area contributed by atoms with Gasteiger partial charge in [-0.2, -0.15) is 0 Å². The van der Waals surface area contributed by atoms with Crippen molar-refractivity contribution in [3.05, 3.63) is 194 Å². The largest absolute Gasteiger partial charge is 0.455 e. The number of para-hydroxylation sites is 2. The van der Waals surface area contributed by atoms with Crippen molar-refractivity contribution >= 4 is 32.7 Å². The van der Waals surface area contributed by atoms with Gasteiger partial charge in [0.05, 0.1) is 11.4 Å². The molecule has 53 heavy (non-hydrogen) atoms. The molecule has 0 N–H and O–H groups in total. The lowest BCUT2D eigenvalue weighted by Crippen LogP contribution is -1.97. The van der Waals surface area contributed by atoms with E-state index in [1.54, 1.807) is 0 Å². The molecular weight excluding hydrogens is 645 g/mol. The first-order chi connectivity index (χ1) is 26.2. The topological polar surface area (TPSA) is 38.9 Å². The summed E-state index contributed by atoms with van der Waals surface area (Å²) in [6.45, 7) is 0. The lowest BCUT2D eigenvalue weighted by molar-refractivity contribution is 0.670.